The second-order valence-corrected chi connectivity index (χ2v) is 3.68. The smallest absolute Gasteiger partial charge is 0.463 e. The largest absolute Gasteiger partial charge is 0.510 e. The van der Waals surface area contributed by atoms with Gasteiger partial charge in [-0.25, -0.2) is 4.79 Å². The van der Waals surface area contributed by atoms with Crippen molar-refractivity contribution in [1.82, 2.24) is 0 Å². The van der Waals surface area contributed by atoms with Gasteiger partial charge in [0.25, 0.3) is 0 Å². The maximum atomic E-state index is 11.0. The van der Waals surface area contributed by atoms with Gasteiger partial charge in [-0.1, -0.05) is 0 Å². The Hall–Kier alpha value is -1.34. The molecule has 0 N–H and O–H groups in total. The van der Waals surface area contributed by atoms with Gasteiger partial charge in [-0.15, -0.1) is 0 Å². The first-order valence-corrected chi connectivity index (χ1v) is 5.53. The van der Waals surface area contributed by atoms with E-state index in [2.05, 4.69) is 9.47 Å². The summed E-state index contributed by atoms with van der Waals surface area (Å²) in [6.45, 7) is 4.92. The van der Waals surface area contributed by atoms with Gasteiger partial charge in [0.2, 0.25) is 0 Å². The molecule has 0 rings (SSSR count). The second kappa shape index (κ2) is 9.67. The van der Waals surface area contributed by atoms with Crippen LogP contribution < -0.4 is 0 Å². The molecule has 0 saturated carbocycles. The summed E-state index contributed by atoms with van der Waals surface area (Å²) in [5, 5.41) is 0. The van der Waals surface area contributed by atoms with E-state index < -0.39 is 12.3 Å². The van der Waals surface area contributed by atoms with E-state index in [1.807, 2.05) is 0 Å². The average Bonchev–Trinajstić information content (AvgIpc) is 2.31. The molecule has 0 aromatic heterocycles. The molecule has 7 heteroatoms. The van der Waals surface area contributed by atoms with Crippen molar-refractivity contribution in [2.45, 2.75) is 33.0 Å². The van der Waals surface area contributed by atoms with Crippen LogP contribution in [0.25, 0.3) is 0 Å². The van der Waals surface area contributed by atoms with Crippen molar-refractivity contribution in [2.24, 2.45) is 0 Å². The zero-order valence-corrected chi connectivity index (χ0v) is 11.1. The van der Waals surface area contributed by atoms with E-state index in [-0.39, 0.29) is 32.1 Å². The maximum absolute atomic E-state index is 11.0. The quantitative estimate of drug-likeness (QED) is 0.479. The van der Waals surface area contributed by atoms with Crippen LogP contribution in [0.3, 0.4) is 0 Å². The molecule has 0 aliphatic rings. The highest BCUT2D eigenvalue weighted by Crippen LogP contribution is 1.99. The van der Waals surface area contributed by atoms with Gasteiger partial charge in [0.05, 0.1) is 12.7 Å². The Morgan fingerprint density at radius 1 is 1.06 bits per heavy atom. The first-order chi connectivity index (χ1) is 8.45. The molecular weight excluding hydrogens is 244 g/mol. The van der Waals surface area contributed by atoms with Crippen LogP contribution in [0, 0.1) is 0 Å². The monoisotopic (exact) mass is 264 g/mol. The SMILES string of the molecule is COCOC(=O)OC(C)COC(C)COC(C)=O. The van der Waals surface area contributed by atoms with Crippen LogP contribution in [-0.4, -0.2) is 51.4 Å². The predicted molar refractivity (Wildman–Crippen MR) is 61.0 cm³/mol. The number of methoxy groups -OCH3 is 1. The molecule has 0 aliphatic carbocycles. The second-order valence-electron chi connectivity index (χ2n) is 3.68. The fraction of sp³-hybridized carbons (Fsp3) is 0.818. The predicted octanol–water partition coefficient (Wildman–Crippen LogP) is 1.10. The van der Waals surface area contributed by atoms with Crippen molar-refractivity contribution < 1.29 is 33.3 Å². The lowest BCUT2D eigenvalue weighted by Gasteiger charge is -2.17. The minimum atomic E-state index is -0.819. The molecular formula is C11H20O7. The normalized spacial score (nSPS) is 13.6. The Kier molecular flexibility index (Phi) is 8.95. The minimum absolute atomic E-state index is 0.157. The van der Waals surface area contributed by atoms with E-state index in [0.29, 0.717) is 0 Å². The molecule has 2 atom stereocenters. The third-order valence-corrected chi connectivity index (χ3v) is 1.73. The Balaban J connectivity index is 3.65. The fourth-order valence-corrected chi connectivity index (χ4v) is 0.922. The van der Waals surface area contributed by atoms with Gasteiger partial charge in [-0.2, -0.15) is 0 Å². The molecule has 0 aromatic carbocycles. The fourth-order valence-electron chi connectivity index (χ4n) is 0.922. The summed E-state index contributed by atoms with van der Waals surface area (Å²) in [6, 6.07) is 0. The summed E-state index contributed by atoms with van der Waals surface area (Å²) in [6.07, 6.45) is -1.55. The molecule has 0 bridgehead atoms. The first kappa shape index (κ1) is 16.7. The molecule has 0 aromatic rings. The number of carbonyl (C=O) groups is 2. The van der Waals surface area contributed by atoms with E-state index in [1.54, 1.807) is 13.8 Å². The van der Waals surface area contributed by atoms with Gasteiger partial charge in [-0.05, 0) is 13.8 Å². The molecule has 0 spiro atoms. The summed E-state index contributed by atoms with van der Waals surface area (Å²) in [5.74, 6) is -0.363. The number of hydrogen-bond donors (Lipinski definition) is 0. The van der Waals surface area contributed by atoms with Gasteiger partial charge in [0, 0.05) is 14.0 Å². The van der Waals surface area contributed by atoms with Crippen molar-refractivity contribution in [3.63, 3.8) is 0 Å². The topological polar surface area (TPSA) is 80.3 Å². The third-order valence-electron chi connectivity index (χ3n) is 1.73. The van der Waals surface area contributed by atoms with Gasteiger partial charge in [0.15, 0.2) is 6.79 Å². The van der Waals surface area contributed by atoms with Crippen LogP contribution in [0.4, 0.5) is 4.79 Å². The molecule has 7 nitrogen and oxygen atoms in total. The van der Waals surface area contributed by atoms with E-state index >= 15 is 0 Å². The Morgan fingerprint density at radius 2 is 1.72 bits per heavy atom. The third kappa shape index (κ3) is 9.86. The molecule has 0 amide bonds. The van der Waals surface area contributed by atoms with Gasteiger partial charge < -0.3 is 23.7 Å². The average molecular weight is 264 g/mol. The van der Waals surface area contributed by atoms with Crippen LogP contribution >= 0.6 is 0 Å². The van der Waals surface area contributed by atoms with E-state index in [1.165, 1.54) is 14.0 Å². The molecule has 0 radical (unpaired) electrons. The highest BCUT2D eigenvalue weighted by molar-refractivity contribution is 5.65. The van der Waals surface area contributed by atoms with Crippen LogP contribution in [0.5, 0.6) is 0 Å². The summed E-state index contributed by atoms with van der Waals surface area (Å²) < 4.78 is 24.0. The minimum Gasteiger partial charge on any atom is -0.463 e. The Bertz CT molecular complexity index is 254. The molecule has 0 fully saturated rings. The van der Waals surface area contributed by atoms with Crippen LogP contribution in [-0.2, 0) is 28.5 Å². The number of rotatable bonds is 8. The van der Waals surface area contributed by atoms with Gasteiger partial charge in [0.1, 0.15) is 12.7 Å². The molecule has 0 heterocycles. The molecule has 106 valence electrons. The molecule has 0 saturated heterocycles. The molecule has 2 unspecified atom stereocenters. The van der Waals surface area contributed by atoms with Crippen LogP contribution in [0.1, 0.15) is 20.8 Å². The standard InChI is InChI=1S/C11H20O7/c1-8(5-16-10(3)12)15-6-9(2)18-11(13)17-7-14-4/h8-9H,5-7H2,1-4H3. The van der Waals surface area contributed by atoms with Crippen molar-refractivity contribution in [2.75, 3.05) is 27.1 Å². The number of hydrogen-bond acceptors (Lipinski definition) is 7. The van der Waals surface area contributed by atoms with Gasteiger partial charge >= 0.3 is 12.1 Å². The molecule has 18 heavy (non-hydrogen) atoms. The zero-order chi connectivity index (χ0) is 14.0. The highest BCUT2D eigenvalue weighted by Gasteiger charge is 2.13. The lowest BCUT2D eigenvalue weighted by molar-refractivity contribution is -0.145. The molecule has 0 aliphatic heterocycles. The number of carbonyl (C=O) groups excluding carboxylic acids is 2. The summed E-state index contributed by atoms with van der Waals surface area (Å²) >= 11 is 0. The first-order valence-electron chi connectivity index (χ1n) is 5.53. The Labute approximate surface area is 106 Å². The Morgan fingerprint density at radius 3 is 2.28 bits per heavy atom. The van der Waals surface area contributed by atoms with Gasteiger partial charge in [-0.3, -0.25) is 4.79 Å². The van der Waals surface area contributed by atoms with Crippen molar-refractivity contribution >= 4 is 12.1 Å². The summed E-state index contributed by atoms with van der Waals surface area (Å²) in [4.78, 5) is 21.6. The number of ether oxygens (including phenoxy) is 5. The lowest BCUT2D eigenvalue weighted by atomic mass is 10.4. The highest BCUT2D eigenvalue weighted by atomic mass is 16.8. The summed E-state index contributed by atoms with van der Waals surface area (Å²) in [7, 11) is 1.40. The van der Waals surface area contributed by atoms with Crippen molar-refractivity contribution in [1.29, 1.82) is 0 Å². The van der Waals surface area contributed by atoms with Crippen molar-refractivity contribution in [3.05, 3.63) is 0 Å². The summed E-state index contributed by atoms with van der Waals surface area (Å²) in [5.41, 5.74) is 0. The van der Waals surface area contributed by atoms with Crippen LogP contribution in [0.15, 0.2) is 0 Å². The lowest BCUT2D eigenvalue weighted by Crippen LogP contribution is -2.26. The van der Waals surface area contributed by atoms with E-state index in [0.717, 1.165) is 0 Å². The number of esters is 1. The van der Waals surface area contributed by atoms with E-state index in [4.69, 9.17) is 14.2 Å². The van der Waals surface area contributed by atoms with E-state index in [9.17, 15) is 9.59 Å². The maximum Gasteiger partial charge on any atom is 0.510 e. The van der Waals surface area contributed by atoms with Crippen molar-refractivity contribution in [3.8, 4) is 0 Å². The van der Waals surface area contributed by atoms with Crippen LogP contribution in [0.2, 0.25) is 0 Å². The zero-order valence-electron chi connectivity index (χ0n) is 11.1.